The fourth-order valence-corrected chi connectivity index (χ4v) is 1.65. The third-order valence-electron chi connectivity index (χ3n) is 2.34. The van der Waals surface area contributed by atoms with E-state index in [1.807, 2.05) is 0 Å². The van der Waals surface area contributed by atoms with Crippen LogP contribution >= 0.6 is 11.6 Å². The average Bonchev–Trinajstić information content (AvgIpc) is 2.34. The van der Waals surface area contributed by atoms with Crippen molar-refractivity contribution in [1.82, 2.24) is 15.1 Å². The zero-order valence-corrected chi connectivity index (χ0v) is 11.3. The Bertz CT molecular complexity index is 557. The molecule has 0 aliphatic carbocycles. The van der Waals surface area contributed by atoms with Gasteiger partial charge in [-0.25, -0.2) is 4.68 Å². The molecule has 2 amide bonds. The van der Waals surface area contributed by atoms with Crippen LogP contribution in [-0.2, 0) is 16.1 Å². The van der Waals surface area contributed by atoms with Crippen LogP contribution in [0.2, 0.25) is 5.02 Å². The number of nitrogens with zero attached hydrogens (tertiary/aromatic N) is 3. The van der Waals surface area contributed by atoms with E-state index in [4.69, 9.17) is 17.3 Å². The first kappa shape index (κ1) is 15.0. The first-order chi connectivity index (χ1) is 8.86. The summed E-state index contributed by atoms with van der Waals surface area (Å²) in [4.78, 5) is 35.3. The van der Waals surface area contributed by atoms with Crippen LogP contribution in [0.3, 0.4) is 0 Å². The molecule has 19 heavy (non-hydrogen) atoms. The monoisotopic (exact) mass is 287 g/mol. The minimum absolute atomic E-state index is 0.0250. The first-order valence-electron chi connectivity index (χ1n) is 5.32. The van der Waals surface area contributed by atoms with Crippen molar-refractivity contribution in [3.8, 4) is 0 Å². The van der Waals surface area contributed by atoms with Crippen molar-refractivity contribution in [2.24, 2.45) is 5.73 Å². The molecule has 0 saturated carbocycles. The van der Waals surface area contributed by atoms with Gasteiger partial charge in [-0.1, -0.05) is 11.6 Å². The highest BCUT2D eigenvalue weighted by Crippen LogP contribution is 2.18. The summed E-state index contributed by atoms with van der Waals surface area (Å²) < 4.78 is 0.863. The van der Waals surface area contributed by atoms with E-state index in [1.54, 1.807) is 7.05 Å². The van der Waals surface area contributed by atoms with Gasteiger partial charge in [0, 0.05) is 14.1 Å². The number of aromatic nitrogens is 2. The van der Waals surface area contributed by atoms with Gasteiger partial charge in [0.05, 0.1) is 18.4 Å². The molecule has 104 valence electrons. The minimum Gasteiger partial charge on any atom is -0.368 e. The summed E-state index contributed by atoms with van der Waals surface area (Å²) in [6.07, 6.45) is 1.30. The normalized spacial score (nSPS) is 10.1. The Labute approximate surface area is 114 Å². The Morgan fingerprint density at radius 1 is 1.58 bits per heavy atom. The van der Waals surface area contributed by atoms with Crippen LogP contribution in [0.25, 0.3) is 0 Å². The number of hydrogen-bond donors (Lipinski definition) is 2. The number of carbonyl (C=O) groups is 2. The van der Waals surface area contributed by atoms with Gasteiger partial charge in [0.25, 0.3) is 5.56 Å². The van der Waals surface area contributed by atoms with Crippen molar-refractivity contribution in [3.05, 3.63) is 21.6 Å². The van der Waals surface area contributed by atoms with E-state index < -0.39 is 11.5 Å². The number of carbonyl (C=O) groups excluding carboxylic acids is 2. The minimum atomic E-state index is -0.697. The molecule has 0 radical (unpaired) electrons. The van der Waals surface area contributed by atoms with Crippen LogP contribution in [0.15, 0.2) is 11.0 Å². The van der Waals surface area contributed by atoms with Crippen molar-refractivity contribution < 1.29 is 9.59 Å². The molecule has 0 aliphatic heterocycles. The van der Waals surface area contributed by atoms with Crippen molar-refractivity contribution in [2.45, 2.75) is 6.54 Å². The van der Waals surface area contributed by atoms with E-state index in [-0.39, 0.29) is 24.0 Å². The number of halogens is 1. The maximum atomic E-state index is 11.8. The number of nitrogens with one attached hydrogen (secondary N) is 1. The topological polar surface area (TPSA) is 110 Å². The van der Waals surface area contributed by atoms with Gasteiger partial charge in [0.1, 0.15) is 11.6 Å². The molecule has 1 aromatic heterocycles. The highest BCUT2D eigenvalue weighted by atomic mass is 35.5. The fourth-order valence-electron chi connectivity index (χ4n) is 1.36. The zero-order valence-electron chi connectivity index (χ0n) is 10.5. The van der Waals surface area contributed by atoms with Gasteiger partial charge in [-0.2, -0.15) is 5.10 Å². The predicted molar refractivity (Wildman–Crippen MR) is 70.0 cm³/mol. The van der Waals surface area contributed by atoms with E-state index in [0.29, 0.717) is 5.69 Å². The molecule has 0 unspecified atom stereocenters. The quantitative estimate of drug-likeness (QED) is 0.689. The van der Waals surface area contributed by atoms with Crippen molar-refractivity contribution in [1.29, 1.82) is 0 Å². The lowest BCUT2D eigenvalue weighted by Gasteiger charge is -2.19. The number of amides is 2. The second-order valence-electron chi connectivity index (χ2n) is 3.80. The molecule has 1 heterocycles. The van der Waals surface area contributed by atoms with E-state index in [9.17, 15) is 14.4 Å². The van der Waals surface area contributed by atoms with Crippen molar-refractivity contribution in [2.75, 3.05) is 25.5 Å². The Balaban J connectivity index is 3.05. The molecule has 0 aromatic carbocycles. The number of hydrogen-bond acceptors (Lipinski definition) is 5. The summed E-state index contributed by atoms with van der Waals surface area (Å²) in [6.45, 7) is -0.324. The number of anilines is 1. The summed E-state index contributed by atoms with van der Waals surface area (Å²) in [5.41, 5.74) is 4.64. The number of rotatable bonds is 5. The number of nitrogens with two attached hydrogens (primary N) is 1. The van der Waals surface area contributed by atoms with Gasteiger partial charge in [-0.15, -0.1) is 0 Å². The number of primary amides is 1. The average molecular weight is 288 g/mol. The van der Waals surface area contributed by atoms with Gasteiger partial charge in [-0.3, -0.25) is 14.4 Å². The lowest BCUT2D eigenvalue weighted by atomic mass is 10.4. The zero-order chi connectivity index (χ0) is 14.6. The second-order valence-corrected chi connectivity index (χ2v) is 4.18. The van der Waals surface area contributed by atoms with E-state index in [2.05, 4.69) is 10.4 Å². The Morgan fingerprint density at radius 2 is 2.21 bits per heavy atom. The van der Waals surface area contributed by atoms with Gasteiger partial charge in [0.2, 0.25) is 11.8 Å². The molecule has 8 nitrogen and oxygen atoms in total. The molecule has 3 N–H and O–H groups in total. The standard InChI is InChI=1S/C10H14ClN5O3/c1-13-8(18)5-15(2)6-3-14-16(4-7(12)17)10(19)9(6)11/h3H,4-5H2,1-2H3,(H2,12,17)(H,13,18). The fraction of sp³-hybridized carbons (Fsp3) is 0.400. The van der Waals surface area contributed by atoms with Crippen LogP contribution in [0.4, 0.5) is 5.69 Å². The lowest BCUT2D eigenvalue weighted by molar-refractivity contribution is -0.119. The maximum absolute atomic E-state index is 11.8. The van der Waals surface area contributed by atoms with Crippen LogP contribution < -0.4 is 21.5 Å². The predicted octanol–water partition coefficient (Wildman–Crippen LogP) is -1.44. The number of likely N-dealkylation sites (N-methyl/N-ethyl adjacent to an activating group) is 2. The van der Waals surface area contributed by atoms with E-state index >= 15 is 0 Å². The van der Waals surface area contributed by atoms with Gasteiger partial charge in [-0.05, 0) is 0 Å². The largest absolute Gasteiger partial charge is 0.368 e. The Hall–Kier alpha value is -2.09. The molecule has 0 aliphatic rings. The van der Waals surface area contributed by atoms with Gasteiger partial charge in [0.15, 0.2) is 0 Å². The molecule has 0 spiro atoms. The summed E-state index contributed by atoms with van der Waals surface area (Å²) >= 11 is 5.90. The van der Waals surface area contributed by atoms with Crippen LogP contribution in [0.5, 0.6) is 0 Å². The third-order valence-corrected chi connectivity index (χ3v) is 2.70. The molecule has 0 saturated heterocycles. The smallest absolute Gasteiger partial charge is 0.288 e. The maximum Gasteiger partial charge on any atom is 0.288 e. The van der Waals surface area contributed by atoms with Crippen LogP contribution in [0, 0.1) is 0 Å². The molecule has 0 atom stereocenters. The Kier molecular flexibility index (Phi) is 4.87. The highest BCUT2D eigenvalue weighted by Gasteiger charge is 2.15. The molecular weight excluding hydrogens is 274 g/mol. The van der Waals surface area contributed by atoms with Gasteiger partial charge >= 0.3 is 0 Å². The van der Waals surface area contributed by atoms with Crippen molar-refractivity contribution in [3.63, 3.8) is 0 Å². The van der Waals surface area contributed by atoms with Crippen molar-refractivity contribution >= 4 is 29.1 Å². The summed E-state index contributed by atoms with van der Waals surface area (Å²) in [5, 5.41) is 6.10. The highest BCUT2D eigenvalue weighted by molar-refractivity contribution is 6.33. The van der Waals surface area contributed by atoms with Gasteiger partial charge < -0.3 is 16.0 Å². The SMILES string of the molecule is CNC(=O)CN(C)c1cnn(CC(N)=O)c(=O)c1Cl. The molecule has 0 fully saturated rings. The van der Waals surface area contributed by atoms with Crippen LogP contribution in [-0.4, -0.2) is 42.2 Å². The van der Waals surface area contributed by atoms with E-state index in [0.717, 1.165) is 4.68 Å². The molecule has 9 heteroatoms. The summed E-state index contributed by atoms with van der Waals surface area (Å²) in [5.74, 6) is -0.933. The molecule has 0 bridgehead atoms. The molecule has 1 aromatic rings. The summed E-state index contributed by atoms with van der Waals surface area (Å²) in [7, 11) is 3.09. The molecular formula is C10H14ClN5O3. The van der Waals surface area contributed by atoms with E-state index in [1.165, 1.54) is 18.1 Å². The first-order valence-corrected chi connectivity index (χ1v) is 5.70. The summed E-state index contributed by atoms with van der Waals surface area (Å²) in [6, 6.07) is 0. The molecule has 1 rings (SSSR count). The Morgan fingerprint density at radius 3 is 2.74 bits per heavy atom. The van der Waals surface area contributed by atoms with Crippen LogP contribution in [0.1, 0.15) is 0 Å². The lowest BCUT2D eigenvalue weighted by Crippen LogP contribution is -2.35. The third kappa shape index (κ3) is 3.68. The second kappa shape index (κ2) is 6.19.